The fourth-order valence-electron chi connectivity index (χ4n) is 1.54. The summed E-state index contributed by atoms with van der Waals surface area (Å²) in [6.45, 7) is 3.85. The van der Waals surface area contributed by atoms with Crippen molar-refractivity contribution in [1.82, 2.24) is 0 Å². The molecule has 0 aromatic carbocycles. The monoisotopic (exact) mass is 302 g/mol. The van der Waals surface area contributed by atoms with E-state index in [1.807, 2.05) is 0 Å². The third-order valence-corrected chi connectivity index (χ3v) is 5.32. The van der Waals surface area contributed by atoms with Gasteiger partial charge >= 0.3 is 0 Å². The van der Waals surface area contributed by atoms with E-state index in [0.717, 1.165) is 25.7 Å². The maximum Gasteiger partial charge on any atom is 0.284 e. The van der Waals surface area contributed by atoms with Gasteiger partial charge in [-0.15, -0.1) is 0 Å². The van der Waals surface area contributed by atoms with Gasteiger partial charge in [-0.2, -0.15) is 16.8 Å². The van der Waals surface area contributed by atoms with Crippen LogP contribution in [0.4, 0.5) is 0 Å². The number of hydrogen-bond acceptors (Lipinski definition) is 5. The SMILES string of the molecule is CCCCCCC(CC)OS(=O)(=O)CS(=O)(=O)O. The number of unbranched alkanes of at least 4 members (excludes halogenated alkanes) is 3. The Hall–Kier alpha value is -0.180. The Balaban J connectivity index is 4.27. The lowest BCUT2D eigenvalue weighted by molar-refractivity contribution is 0.191. The summed E-state index contributed by atoms with van der Waals surface area (Å²) >= 11 is 0. The molecule has 8 heteroatoms. The molecular formula is C10H22O6S2. The molecule has 110 valence electrons. The molecule has 0 saturated heterocycles. The van der Waals surface area contributed by atoms with E-state index in [1.165, 1.54) is 0 Å². The molecule has 18 heavy (non-hydrogen) atoms. The Morgan fingerprint density at radius 3 is 2.11 bits per heavy atom. The molecule has 1 unspecified atom stereocenters. The van der Waals surface area contributed by atoms with Crippen LogP contribution >= 0.6 is 0 Å². The molecule has 0 aliphatic heterocycles. The van der Waals surface area contributed by atoms with Gasteiger partial charge in [0.2, 0.25) is 5.08 Å². The highest BCUT2D eigenvalue weighted by Crippen LogP contribution is 2.14. The van der Waals surface area contributed by atoms with Gasteiger partial charge in [0.25, 0.3) is 20.2 Å². The lowest BCUT2D eigenvalue weighted by Gasteiger charge is -2.15. The molecule has 0 saturated carbocycles. The van der Waals surface area contributed by atoms with Crippen LogP contribution in [0.2, 0.25) is 0 Å². The lowest BCUT2D eigenvalue weighted by Crippen LogP contribution is -2.24. The molecule has 0 amide bonds. The first-order chi connectivity index (χ1) is 8.20. The Morgan fingerprint density at radius 2 is 1.67 bits per heavy atom. The Morgan fingerprint density at radius 1 is 1.06 bits per heavy atom. The van der Waals surface area contributed by atoms with E-state index in [0.29, 0.717) is 12.8 Å². The van der Waals surface area contributed by atoms with Crippen molar-refractivity contribution >= 4 is 20.2 Å². The molecule has 0 heterocycles. The van der Waals surface area contributed by atoms with Gasteiger partial charge < -0.3 is 0 Å². The molecule has 0 radical (unpaired) electrons. The van der Waals surface area contributed by atoms with Crippen LogP contribution in [-0.2, 0) is 24.4 Å². The average Bonchev–Trinajstić information content (AvgIpc) is 2.18. The van der Waals surface area contributed by atoms with Crippen molar-refractivity contribution < 1.29 is 25.6 Å². The van der Waals surface area contributed by atoms with Gasteiger partial charge in [-0.05, 0) is 12.8 Å². The molecule has 0 fully saturated rings. The third kappa shape index (κ3) is 9.81. The first-order valence-corrected chi connectivity index (χ1v) is 9.25. The molecule has 0 aliphatic carbocycles. The van der Waals surface area contributed by atoms with Crippen molar-refractivity contribution in [3.8, 4) is 0 Å². The topological polar surface area (TPSA) is 97.7 Å². The average molecular weight is 302 g/mol. The van der Waals surface area contributed by atoms with Crippen molar-refractivity contribution in [1.29, 1.82) is 0 Å². The predicted octanol–water partition coefficient (Wildman–Crippen LogP) is 1.93. The van der Waals surface area contributed by atoms with E-state index in [-0.39, 0.29) is 0 Å². The maximum atomic E-state index is 11.3. The van der Waals surface area contributed by atoms with Crippen LogP contribution in [0.3, 0.4) is 0 Å². The molecule has 1 atom stereocenters. The van der Waals surface area contributed by atoms with Crippen molar-refractivity contribution in [2.45, 2.75) is 58.5 Å². The fourth-order valence-corrected chi connectivity index (χ4v) is 3.86. The zero-order chi connectivity index (χ0) is 14.2. The molecule has 0 bridgehead atoms. The molecule has 0 aromatic heterocycles. The van der Waals surface area contributed by atoms with E-state index in [4.69, 9.17) is 8.74 Å². The second kappa shape index (κ2) is 8.08. The van der Waals surface area contributed by atoms with Crippen LogP contribution < -0.4 is 0 Å². The van der Waals surface area contributed by atoms with E-state index < -0.39 is 31.4 Å². The van der Waals surface area contributed by atoms with Crippen LogP contribution in [-0.4, -0.2) is 32.6 Å². The number of hydrogen-bond donors (Lipinski definition) is 1. The lowest BCUT2D eigenvalue weighted by atomic mass is 10.1. The van der Waals surface area contributed by atoms with Crippen LogP contribution in [0.15, 0.2) is 0 Å². The highest BCUT2D eigenvalue weighted by atomic mass is 32.3. The molecular weight excluding hydrogens is 280 g/mol. The standard InChI is InChI=1S/C10H22O6S2/c1-3-5-6-7-8-10(4-2)16-18(14,15)9-17(11,12)13/h10H,3-9H2,1-2H3,(H,11,12,13). The molecule has 0 rings (SSSR count). The van der Waals surface area contributed by atoms with Gasteiger partial charge in [0, 0.05) is 0 Å². The van der Waals surface area contributed by atoms with E-state index in [2.05, 4.69) is 6.92 Å². The van der Waals surface area contributed by atoms with E-state index in [9.17, 15) is 16.8 Å². The number of rotatable bonds is 10. The minimum atomic E-state index is -4.58. The highest BCUT2D eigenvalue weighted by molar-refractivity contribution is 8.03. The minimum Gasteiger partial charge on any atom is -0.285 e. The van der Waals surface area contributed by atoms with Gasteiger partial charge in [-0.1, -0.05) is 39.5 Å². The van der Waals surface area contributed by atoms with Crippen LogP contribution in [0.5, 0.6) is 0 Å². The summed E-state index contributed by atoms with van der Waals surface area (Å²) < 4.78 is 57.0. The normalized spacial score (nSPS) is 14.6. The molecule has 0 spiro atoms. The largest absolute Gasteiger partial charge is 0.285 e. The van der Waals surface area contributed by atoms with Crippen molar-refractivity contribution in [3.63, 3.8) is 0 Å². The summed E-state index contributed by atoms with van der Waals surface area (Å²) in [7, 11) is -8.81. The van der Waals surface area contributed by atoms with Crippen LogP contribution in [0.25, 0.3) is 0 Å². The van der Waals surface area contributed by atoms with Gasteiger partial charge in [0.15, 0.2) is 0 Å². The Labute approximate surface area is 110 Å². The highest BCUT2D eigenvalue weighted by Gasteiger charge is 2.24. The fraction of sp³-hybridized carbons (Fsp3) is 1.00. The van der Waals surface area contributed by atoms with Crippen LogP contribution in [0, 0.1) is 0 Å². The molecule has 6 nitrogen and oxygen atoms in total. The molecule has 0 aliphatic rings. The smallest absolute Gasteiger partial charge is 0.284 e. The third-order valence-electron chi connectivity index (χ3n) is 2.41. The summed E-state index contributed by atoms with van der Waals surface area (Å²) in [5, 5.41) is -1.38. The summed E-state index contributed by atoms with van der Waals surface area (Å²) in [5.41, 5.74) is 0. The van der Waals surface area contributed by atoms with Crippen molar-refractivity contribution in [3.05, 3.63) is 0 Å². The predicted molar refractivity (Wildman–Crippen MR) is 69.3 cm³/mol. The Kier molecular flexibility index (Phi) is 8.00. The second-order valence-electron chi connectivity index (χ2n) is 4.23. The van der Waals surface area contributed by atoms with Crippen molar-refractivity contribution in [2.24, 2.45) is 0 Å². The van der Waals surface area contributed by atoms with Crippen molar-refractivity contribution in [2.75, 3.05) is 5.08 Å². The Bertz CT molecular complexity index is 412. The maximum absolute atomic E-state index is 11.3. The minimum absolute atomic E-state index is 0.483. The van der Waals surface area contributed by atoms with Gasteiger partial charge in [-0.25, -0.2) is 0 Å². The second-order valence-corrected chi connectivity index (χ2v) is 7.65. The van der Waals surface area contributed by atoms with Gasteiger partial charge in [0.05, 0.1) is 6.10 Å². The van der Waals surface area contributed by atoms with Gasteiger partial charge in [-0.3, -0.25) is 8.74 Å². The van der Waals surface area contributed by atoms with E-state index in [1.54, 1.807) is 6.92 Å². The first kappa shape index (κ1) is 17.8. The zero-order valence-electron chi connectivity index (χ0n) is 10.8. The quantitative estimate of drug-likeness (QED) is 0.376. The molecule has 1 N–H and O–H groups in total. The summed E-state index contributed by atoms with van der Waals surface area (Å²) in [5.74, 6) is 0. The first-order valence-electron chi connectivity index (χ1n) is 6.06. The van der Waals surface area contributed by atoms with E-state index >= 15 is 0 Å². The summed E-state index contributed by atoms with van der Waals surface area (Å²) in [6.07, 6.45) is 4.53. The summed E-state index contributed by atoms with van der Waals surface area (Å²) in [6, 6.07) is 0. The zero-order valence-corrected chi connectivity index (χ0v) is 12.5. The van der Waals surface area contributed by atoms with Crippen LogP contribution in [0.1, 0.15) is 52.4 Å². The van der Waals surface area contributed by atoms with Gasteiger partial charge in [0.1, 0.15) is 0 Å². The summed E-state index contributed by atoms with van der Waals surface area (Å²) in [4.78, 5) is 0. The molecule has 0 aromatic rings.